The highest BCUT2D eigenvalue weighted by Crippen LogP contribution is 2.40. The molecule has 1 saturated carbocycles. The van der Waals surface area contributed by atoms with Gasteiger partial charge >= 0.3 is 0 Å². The summed E-state index contributed by atoms with van der Waals surface area (Å²) in [5, 5.41) is 10.8. The molecular formula is C12H18ClN5O. The zero-order valence-electron chi connectivity index (χ0n) is 10.7. The lowest BCUT2D eigenvalue weighted by Crippen LogP contribution is -2.53. The quantitative estimate of drug-likeness (QED) is 0.806. The molecule has 6 nitrogen and oxygen atoms in total. The van der Waals surface area contributed by atoms with Gasteiger partial charge in [0, 0.05) is 19.0 Å². The zero-order chi connectivity index (χ0) is 13.5. The number of piperidine rings is 1. The molecule has 0 spiro atoms. The first kappa shape index (κ1) is 12.9. The molecule has 1 aliphatic heterocycles. The van der Waals surface area contributed by atoms with Crippen molar-refractivity contribution in [3.05, 3.63) is 5.28 Å². The van der Waals surface area contributed by atoms with Crippen molar-refractivity contribution >= 4 is 23.5 Å². The molecule has 7 heteroatoms. The molecule has 0 radical (unpaired) electrons. The molecule has 0 bridgehead atoms. The zero-order valence-corrected chi connectivity index (χ0v) is 11.5. The van der Waals surface area contributed by atoms with Crippen molar-refractivity contribution in [2.24, 2.45) is 5.92 Å². The molecule has 104 valence electrons. The number of halogens is 1. The fourth-order valence-electron chi connectivity index (χ4n) is 3.25. The Bertz CT molecular complexity index is 465. The van der Waals surface area contributed by atoms with E-state index in [2.05, 4.69) is 15.0 Å². The molecule has 2 unspecified atom stereocenters. The van der Waals surface area contributed by atoms with Gasteiger partial charge in [0.05, 0.1) is 5.60 Å². The van der Waals surface area contributed by atoms with Crippen molar-refractivity contribution in [2.45, 2.75) is 37.7 Å². The third-order valence-electron chi connectivity index (χ3n) is 4.32. The third kappa shape index (κ3) is 2.47. The number of fused-ring (bicyclic) bond motifs is 1. The fourth-order valence-corrected chi connectivity index (χ4v) is 3.41. The topological polar surface area (TPSA) is 88.2 Å². The number of nitrogens with two attached hydrogens (primary N) is 1. The second kappa shape index (κ2) is 4.76. The van der Waals surface area contributed by atoms with Gasteiger partial charge in [0.25, 0.3) is 0 Å². The van der Waals surface area contributed by atoms with Gasteiger partial charge in [0.2, 0.25) is 17.2 Å². The highest BCUT2D eigenvalue weighted by atomic mass is 35.5. The number of hydrogen-bond donors (Lipinski definition) is 2. The molecule has 0 amide bonds. The van der Waals surface area contributed by atoms with Gasteiger partial charge in [-0.3, -0.25) is 0 Å². The van der Waals surface area contributed by atoms with Crippen molar-refractivity contribution < 1.29 is 5.11 Å². The number of aromatic nitrogens is 3. The van der Waals surface area contributed by atoms with Crippen molar-refractivity contribution in [3.63, 3.8) is 0 Å². The Labute approximate surface area is 117 Å². The number of anilines is 2. The predicted molar refractivity (Wildman–Crippen MR) is 73.0 cm³/mol. The van der Waals surface area contributed by atoms with Crippen LogP contribution in [0.1, 0.15) is 32.1 Å². The smallest absolute Gasteiger partial charge is 0.231 e. The molecule has 1 saturated heterocycles. The number of nitrogen functional groups attached to an aromatic ring is 1. The van der Waals surface area contributed by atoms with Crippen LogP contribution < -0.4 is 10.6 Å². The van der Waals surface area contributed by atoms with Gasteiger partial charge in [0.1, 0.15) is 0 Å². The Morgan fingerprint density at radius 2 is 2.11 bits per heavy atom. The van der Waals surface area contributed by atoms with E-state index >= 15 is 0 Å². The minimum absolute atomic E-state index is 0.118. The maximum atomic E-state index is 10.6. The number of hydrogen-bond acceptors (Lipinski definition) is 6. The molecule has 2 atom stereocenters. The summed E-state index contributed by atoms with van der Waals surface area (Å²) >= 11 is 5.82. The molecule has 1 aromatic rings. The van der Waals surface area contributed by atoms with Crippen LogP contribution in [-0.4, -0.2) is 38.7 Å². The molecule has 2 fully saturated rings. The molecular weight excluding hydrogens is 266 g/mol. The Morgan fingerprint density at radius 3 is 2.89 bits per heavy atom. The van der Waals surface area contributed by atoms with Crippen molar-refractivity contribution in [1.29, 1.82) is 0 Å². The largest absolute Gasteiger partial charge is 0.389 e. The van der Waals surface area contributed by atoms with Crippen LogP contribution in [0.15, 0.2) is 0 Å². The maximum Gasteiger partial charge on any atom is 0.231 e. The highest BCUT2D eigenvalue weighted by molar-refractivity contribution is 6.28. The van der Waals surface area contributed by atoms with Crippen LogP contribution in [0.2, 0.25) is 5.28 Å². The lowest BCUT2D eigenvalue weighted by atomic mass is 9.71. The van der Waals surface area contributed by atoms with Crippen LogP contribution in [-0.2, 0) is 0 Å². The minimum Gasteiger partial charge on any atom is -0.389 e. The monoisotopic (exact) mass is 283 g/mol. The Morgan fingerprint density at radius 1 is 1.26 bits per heavy atom. The van der Waals surface area contributed by atoms with E-state index in [4.69, 9.17) is 17.3 Å². The summed E-state index contributed by atoms with van der Waals surface area (Å²) in [7, 11) is 0. The first-order valence-electron chi connectivity index (χ1n) is 6.71. The molecule has 19 heavy (non-hydrogen) atoms. The summed E-state index contributed by atoms with van der Waals surface area (Å²) in [6.45, 7) is 1.49. The van der Waals surface area contributed by atoms with E-state index in [1.165, 1.54) is 6.42 Å². The van der Waals surface area contributed by atoms with Crippen LogP contribution in [0.3, 0.4) is 0 Å². The summed E-state index contributed by atoms with van der Waals surface area (Å²) in [6, 6.07) is 0. The summed E-state index contributed by atoms with van der Waals surface area (Å²) < 4.78 is 0. The first-order valence-corrected chi connectivity index (χ1v) is 7.09. The van der Waals surface area contributed by atoms with Gasteiger partial charge in [-0.25, -0.2) is 0 Å². The van der Waals surface area contributed by atoms with Crippen LogP contribution in [0.5, 0.6) is 0 Å². The molecule has 2 aliphatic rings. The van der Waals surface area contributed by atoms with Gasteiger partial charge in [-0.05, 0) is 30.9 Å². The van der Waals surface area contributed by atoms with Gasteiger partial charge in [-0.15, -0.1) is 0 Å². The minimum atomic E-state index is -0.503. The normalized spacial score (nSPS) is 31.1. The lowest BCUT2D eigenvalue weighted by molar-refractivity contribution is -0.0614. The van der Waals surface area contributed by atoms with Gasteiger partial charge in [0.15, 0.2) is 0 Å². The second-order valence-corrected chi connectivity index (χ2v) is 5.84. The van der Waals surface area contributed by atoms with E-state index in [0.29, 0.717) is 5.95 Å². The number of nitrogens with zero attached hydrogens (tertiary/aromatic N) is 4. The summed E-state index contributed by atoms with van der Waals surface area (Å²) in [5.41, 5.74) is 5.10. The first-order chi connectivity index (χ1) is 9.07. The van der Waals surface area contributed by atoms with E-state index in [1.54, 1.807) is 0 Å². The van der Waals surface area contributed by atoms with Gasteiger partial charge in [-0.2, -0.15) is 15.0 Å². The van der Waals surface area contributed by atoms with Gasteiger partial charge in [-0.1, -0.05) is 12.8 Å². The molecule has 2 heterocycles. The lowest BCUT2D eigenvalue weighted by Gasteiger charge is -2.47. The number of rotatable bonds is 1. The Balaban J connectivity index is 1.80. The van der Waals surface area contributed by atoms with Crippen LogP contribution in [0.25, 0.3) is 0 Å². The SMILES string of the molecule is Nc1nc(Cl)nc(N2CCC3(O)CCCCC3C2)n1. The van der Waals surface area contributed by atoms with Crippen LogP contribution >= 0.6 is 11.6 Å². The van der Waals surface area contributed by atoms with Crippen LogP contribution in [0, 0.1) is 5.92 Å². The fraction of sp³-hybridized carbons (Fsp3) is 0.750. The average molecular weight is 284 g/mol. The molecule has 1 aromatic heterocycles. The standard InChI is InChI=1S/C12H18ClN5O/c13-9-15-10(14)17-11(16-9)18-6-5-12(19)4-2-1-3-8(12)7-18/h8,19H,1-7H2,(H2,14,15,16,17). The second-order valence-electron chi connectivity index (χ2n) is 5.50. The van der Waals surface area contributed by atoms with E-state index < -0.39 is 5.60 Å². The van der Waals surface area contributed by atoms with Crippen molar-refractivity contribution in [1.82, 2.24) is 15.0 Å². The van der Waals surface area contributed by atoms with E-state index in [1.807, 2.05) is 4.90 Å². The maximum absolute atomic E-state index is 10.6. The van der Waals surface area contributed by atoms with Crippen molar-refractivity contribution in [2.75, 3.05) is 23.7 Å². The van der Waals surface area contributed by atoms with Crippen molar-refractivity contribution in [3.8, 4) is 0 Å². The summed E-state index contributed by atoms with van der Waals surface area (Å²) in [4.78, 5) is 14.1. The summed E-state index contributed by atoms with van der Waals surface area (Å²) in [6.07, 6.45) is 5.02. The van der Waals surface area contributed by atoms with Gasteiger partial charge < -0.3 is 15.7 Å². The van der Waals surface area contributed by atoms with E-state index in [0.717, 1.165) is 38.8 Å². The van der Waals surface area contributed by atoms with Crippen LogP contribution in [0.4, 0.5) is 11.9 Å². The molecule has 1 aliphatic carbocycles. The molecule has 3 N–H and O–H groups in total. The molecule has 3 rings (SSSR count). The summed E-state index contributed by atoms with van der Waals surface area (Å²) in [5.74, 6) is 0.941. The number of aliphatic hydroxyl groups is 1. The highest BCUT2D eigenvalue weighted by Gasteiger charge is 2.43. The molecule has 0 aromatic carbocycles. The Kier molecular flexibility index (Phi) is 3.22. The predicted octanol–water partition coefficient (Wildman–Crippen LogP) is 1.24. The third-order valence-corrected chi connectivity index (χ3v) is 4.49. The Hall–Kier alpha value is -1.14. The van der Waals surface area contributed by atoms with E-state index in [-0.39, 0.29) is 17.1 Å². The van der Waals surface area contributed by atoms with E-state index in [9.17, 15) is 5.11 Å². The average Bonchev–Trinajstić information content (AvgIpc) is 2.36.